The van der Waals surface area contributed by atoms with Crippen LogP contribution >= 0.6 is 0 Å². The van der Waals surface area contributed by atoms with Gasteiger partial charge >= 0.3 is 0 Å². The molecular formula is C30H20. The average Bonchev–Trinajstić information content (AvgIpc) is 3.24. The van der Waals surface area contributed by atoms with Crippen molar-refractivity contribution >= 4 is 10.8 Å². The van der Waals surface area contributed by atoms with Crippen molar-refractivity contribution in [2.45, 2.75) is 12.3 Å². The number of benzene rings is 5. The largest absolute Gasteiger partial charge is 0.0725 e. The van der Waals surface area contributed by atoms with Crippen molar-refractivity contribution in [2.75, 3.05) is 0 Å². The maximum atomic E-state index is 2.44. The Labute approximate surface area is 176 Å². The molecule has 0 nitrogen and oxygen atoms in total. The predicted octanol–water partition coefficient (Wildman–Crippen LogP) is 7.49. The molecular weight excluding hydrogens is 360 g/mol. The third kappa shape index (κ3) is 1.78. The molecule has 1 unspecified atom stereocenters. The molecule has 0 heterocycles. The summed E-state index contributed by atoms with van der Waals surface area (Å²) in [6.45, 7) is 2.19. The van der Waals surface area contributed by atoms with Gasteiger partial charge in [-0.1, -0.05) is 96.6 Å². The van der Waals surface area contributed by atoms with Crippen molar-refractivity contribution in [3.05, 3.63) is 131 Å². The van der Waals surface area contributed by atoms with Gasteiger partial charge in [-0.25, -0.2) is 0 Å². The van der Waals surface area contributed by atoms with Gasteiger partial charge in [0.1, 0.15) is 0 Å². The number of rotatable bonds is 0. The highest BCUT2D eigenvalue weighted by molar-refractivity contribution is 5.99. The zero-order chi connectivity index (χ0) is 19.9. The molecule has 5 aromatic carbocycles. The van der Waals surface area contributed by atoms with Crippen molar-refractivity contribution in [1.82, 2.24) is 0 Å². The molecule has 0 heteroatoms. The van der Waals surface area contributed by atoms with Crippen molar-refractivity contribution < 1.29 is 0 Å². The molecule has 2 aliphatic carbocycles. The topological polar surface area (TPSA) is 0 Å². The highest BCUT2D eigenvalue weighted by Gasteiger charge is 2.51. The molecule has 2 aliphatic rings. The maximum Gasteiger partial charge on any atom is 0.0725 e. The van der Waals surface area contributed by atoms with Gasteiger partial charge in [0.05, 0.1) is 5.41 Å². The van der Waals surface area contributed by atoms with Gasteiger partial charge in [-0.05, 0) is 74.3 Å². The second-order valence-electron chi connectivity index (χ2n) is 8.64. The molecule has 0 N–H and O–H groups in total. The second-order valence-corrected chi connectivity index (χ2v) is 8.64. The molecule has 5 aromatic rings. The fourth-order valence-electron chi connectivity index (χ4n) is 5.94. The van der Waals surface area contributed by atoms with Crippen LogP contribution < -0.4 is 0 Å². The van der Waals surface area contributed by atoms with Gasteiger partial charge in [-0.2, -0.15) is 0 Å². The zero-order valence-corrected chi connectivity index (χ0v) is 16.8. The first kappa shape index (κ1) is 16.2. The Morgan fingerprint density at radius 3 is 1.67 bits per heavy atom. The van der Waals surface area contributed by atoms with E-state index in [9.17, 15) is 0 Å². The first-order valence-corrected chi connectivity index (χ1v) is 10.6. The Hall–Kier alpha value is -3.64. The van der Waals surface area contributed by atoms with Gasteiger partial charge in [-0.15, -0.1) is 0 Å². The monoisotopic (exact) mass is 380 g/mol. The normalized spacial score (nSPS) is 17.6. The molecule has 0 aliphatic heterocycles. The minimum Gasteiger partial charge on any atom is -0.0619 e. The lowest BCUT2D eigenvalue weighted by Crippen LogP contribution is -2.25. The van der Waals surface area contributed by atoms with Crippen LogP contribution in [0.15, 0.2) is 103 Å². The van der Waals surface area contributed by atoms with E-state index < -0.39 is 0 Å². The van der Waals surface area contributed by atoms with E-state index in [1.54, 1.807) is 0 Å². The van der Waals surface area contributed by atoms with E-state index in [2.05, 4.69) is 110 Å². The van der Waals surface area contributed by atoms with E-state index in [1.807, 2.05) is 0 Å². The lowest BCUT2D eigenvalue weighted by Gasteiger charge is -2.30. The molecule has 30 heavy (non-hydrogen) atoms. The Bertz CT molecular complexity index is 1500. The van der Waals surface area contributed by atoms with Crippen LogP contribution in [0.2, 0.25) is 0 Å². The second kappa shape index (κ2) is 5.49. The molecule has 0 saturated heterocycles. The Balaban J connectivity index is 1.73. The molecule has 0 fully saturated rings. The van der Waals surface area contributed by atoms with E-state index in [0.29, 0.717) is 0 Å². The van der Waals surface area contributed by atoms with Crippen LogP contribution in [0, 0.1) is 6.92 Å². The lowest BCUT2D eigenvalue weighted by molar-refractivity contribution is 0.794. The van der Waals surface area contributed by atoms with Crippen molar-refractivity contribution in [3.63, 3.8) is 0 Å². The molecule has 0 saturated carbocycles. The third-order valence-corrected chi connectivity index (χ3v) is 7.11. The Morgan fingerprint density at radius 2 is 0.967 bits per heavy atom. The summed E-state index contributed by atoms with van der Waals surface area (Å²) in [5.41, 5.74) is 12.2. The molecule has 140 valence electrons. The molecule has 0 bridgehead atoms. The van der Waals surface area contributed by atoms with Gasteiger partial charge in [0.15, 0.2) is 0 Å². The van der Waals surface area contributed by atoms with Crippen LogP contribution in [-0.2, 0) is 5.41 Å². The van der Waals surface area contributed by atoms with Crippen LogP contribution in [0.5, 0.6) is 0 Å². The molecule has 0 amide bonds. The molecule has 1 spiro atoms. The van der Waals surface area contributed by atoms with Gasteiger partial charge in [0.25, 0.3) is 0 Å². The van der Waals surface area contributed by atoms with Crippen LogP contribution in [0.25, 0.3) is 33.0 Å². The van der Waals surface area contributed by atoms with Crippen LogP contribution in [-0.4, -0.2) is 0 Å². The first-order valence-electron chi connectivity index (χ1n) is 10.6. The fraction of sp³-hybridized carbons (Fsp3) is 0.0667. The highest BCUT2D eigenvalue weighted by atomic mass is 14.5. The summed E-state index contributed by atoms with van der Waals surface area (Å²) in [4.78, 5) is 0. The van der Waals surface area contributed by atoms with E-state index in [1.165, 1.54) is 60.8 Å². The summed E-state index contributed by atoms with van der Waals surface area (Å²) in [6.07, 6.45) is 0. The summed E-state index contributed by atoms with van der Waals surface area (Å²) in [5, 5.41) is 2.61. The zero-order valence-electron chi connectivity index (χ0n) is 16.8. The summed E-state index contributed by atoms with van der Waals surface area (Å²) in [5.74, 6) is 0. The number of fused-ring (bicyclic) bond motifs is 11. The molecule has 7 rings (SSSR count). The van der Waals surface area contributed by atoms with Crippen LogP contribution in [0.3, 0.4) is 0 Å². The minimum atomic E-state index is -0.240. The van der Waals surface area contributed by atoms with Crippen molar-refractivity contribution in [3.8, 4) is 22.3 Å². The van der Waals surface area contributed by atoms with Crippen molar-refractivity contribution in [2.24, 2.45) is 0 Å². The quantitative estimate of drug-likeness (QED) is 0.256. The number of aryl methyl sites for hydroxylation is 1. The highest BCUT2D eigenvalue weighted by Crippen LogP contribution is 2.63. The maximum absolute atomic E-state index is 2.44. The van der Waals surface area contributed by atoms with Crippen molar-refractivity contribution in [1.29, 1.82) is 0 Å². The number of hydrogen-bond donors (Lipinski definition) is 0. The Kier molecular flexibility index (Phi) is 2.96. The average molecular weight is 380 g/mol. The third-order valence-electron chi connectivity index (χ3n) is 7.11. The van der Waals surface area contributed by atoms with Gasteiger partial charge in [0, 0.05) is 0 Å². The van der Waals surface area contributed by atoms with Gasteiger partial charge in [0.2, 0.25) is 0 Å². The summed E-state index contributed by atoms with van der Waals surface area (Å²) in [7, 11) is 0. The van der Waals surface area contributed by atoms with Gasteiger partial charge < -0.3 is 0 Å². The first-order chi connectivity index (χ1) is 14.8. The fourth-order valence-corrected chi connectivity index (χ4v) is 5.94. The summed E-state index contributed by atoms with van der Waals surface area (Å²) >= 11 is 0. The predicted molar refractivity (Wildman–Crippen MR) is 125 cm³/mol. The van der Waals surface area contributed by atoms with E-state index in [-0.39, 0.29) is 5.41 Å². The van der Waals surface area contributed by atoms with E-state index >= 15 is 0 Å². The Morgan fingerprint density at radius 1 is 0.433 bits per heavy atom. The van der Waals surface area contributed by atoms with Crippen LogP contribution in [0.4, 0.5) is 0 Å². The van der Waals surface area contributed by atoms with Gasteiger partial charge in [-0.3, -0.25) is 0 Å². The lowest BCUT2D eigenvalue weighted by atomic mass is 9.70. The summed E-state index contributed by atoms with van der Waals surface area (Å²) in [6, 6.07) is 38.6. The number of hydrogen-bond acceptors (Lipinski definition) is 0. The molecule has 1 atom stereocenters. The van der Waals surface area contributed by atoms with E-state index in [4.69, 9.17) is 0 Å². The minimum absolute atomic E-state index is 0.240. The molecule has 0 radical (unpaired) electrons. The van der Waals surface area contributed by atoms with Crippen LogP contribution in [0.1, 0.15) is 27.8 Å². The van der Waals surface area contributed by atoms with E-state index in [0.717, 1.165) is 0 Å². The summed E-state index contributed by atoms with van der Waals surface area (Å²) < 4.78 is 0. The standard InChI is InChI=1S/C30H20/c1-19-14-15-28-24(16-19)22-10-4-6-12-26(22)30(28)27-13-7-5-11-23(27)25-17-20-8-2-3-9-21(20)18-29(25)30/h2-18H,1H3. The smallest absolute Gasteiger partial charge is 0.0619 e. The SMILES string of the molecule is Cc1ccc2c(c1)-c1ccccc1C21c2ccccc2-c2cc3ccccc3cc21. The molecule has 0 aromatic heterocycles.